The maximum absolute atomic E-state index is 14.0. The highest BCUT2D eigenvalue weighted by molar-refractivity contribution is 8.00. The molecule has 5 nitrogen and oxygen atoms in total. The molecule has 0 saturated heterocycles. The predicted molar refractivity (Wildman–Crippen MR) is 101 cm³/mol. The van der Waals surface area contributed by atoms with E-state index in [1.807, 2.05) is 0 Å². The summed E-state index contributed by atoms with van der Waals surface area (Å²) in [6.07, 6.45) is 0. The summed E-state index contributed by atoms with van der Waals surface area (Å²) in [5.74, 6) is -0.685. The van der Waals surface area contributed by atoms with E-state index in [9.17, 15) is 13.6 Å². The summed E-state index contributed by atoms with van der Waals surface area (Å²) in [5, 5.41) is 10.7. The number of rotatable bonds is 5. The number of benzene rings is 2. The number of thioether (sulfide) groups is 1. The van der Waals surface area contributed by atoms with Crippen LogP contribution in [0.3, 0.4) is 0 Å². The van der Waals surface area contributed by atoms with Gasteiger partial charge in [0.25, 0.3) is 0 Å². The van der Waals surface area contributed by atoms with Gasteiger partial charge in [-0.25, -0.2) is 8.78 Å². The molecule has 0 unspecified atom stereocenters. The Hall–Kier alpha value is -2.74. The second kappa shape index (κ2) is 7.87. The van der Waals surface area contributed by atoms with Gasteiger partial charge in [0.05, 0.1) is 10.8 Å². The number of carbonyl (C=O) groups excluding carboxylic acids is 1. The molecule has 0 aliphatic rings. The van der Waals surface area contributed by atoms with Crippen molar-refractivity contribution in [3.05, 3.63) is 59.7 Å². The molecule has 3 rings (SSSR count). The van der Waals surface area contributed by atoms with E-state index in [0.29, 0.717) is 27.8 Å². The zero-order valence-corrected chi connectivity index (χ0v) is 15.8. The van der Waals surface area contributed by atoms with E-state index in [0.717, 1.165) is 0 Å². The number of hydrogen-bond donors (Lipinski definition) is 1. The Labute approximate surface area is 159 Å². The Morgan fingerprint density at radius 3 is 2.59 bits per heavy atom. The molecular weight excluding hydrogens is 370 g/mol. The Morgan fingerprint density at radius 2 is 1.89 bits per heavy atom. The number of nitrogens with zero attached hydrogens (tertiary/aromatic N) is 3. The van der Waals surface area contributed by atoms with Crippen LogP contribution in [0.2, 0.25) is 0 Å². The van der Waals surface area contributed by atoms with Gasteiger partial charge in [0, 0.05) is 12.7 Å². The number of amides is 1. The van der Waals surface area contributed by atoms with Crippen LogP contribution in [0.15, 0.2) is 47.6 Å². The number of aromatic nitrogens is 3. The molecule has 0 aliphatic carbocycles. The predicted octanol–water partition coefficient (Wildman–Crippen LogP) is 4.19. The van der Waals surface area contributed by atoms with Gasteiger partial charge >= 0.3 is 0 Å². The maximum Gasteiger partial charge on any atom is 0.237 e. The summed E-state index contributed by atoms with van der Waals surface area (Å²) in [5.41, 5.74) is 1.24. The molecule has 0 spiro atoms. The summed E-state index contributed by atoms with van der Waals surface area (Å²) < 4.78 is 29.2. The summed E-state index contributed by atoms with van der Waals surface area (Å²) >= 11 is 1.19. The van der Waals surface area contributed by atoms with E-state index in [2.05, 4.69) is 15.5 Å². The average molecular weight is 388 g/mol. The van der Waals surface area contributed by atoms with Gasteiger partial charge in [-0.3, -0.25) is 4.79 Å². The van der Waals surface area contributed by atoms with E-state index in [4.69, 9.17) is 0 Å². The van der Waals surface area contributed by atoms with Crippen LogP contribution in [0.4, 0.5) is 14.5 Å². The second-order valence-corrected chi connectivity index (χ2v) is 7.37. The largest absolute Gasteiger partial charge is 0.325 e. The monoisotopic (exact) mass is 388 g/mol. The Balaban J connectivity index is 1.72. The molecule has 2 aromatic carbocycles. The highest BCUT2D eigenvalue weighted by Gasteiger charge is 2.20. The molecule has 0 bridgehead atoms. The van der Waals surface area contributed by atoms with Crippen LogP contribution in [0.5, 0.6) is 0 Å². The topological polar surface area (TPSA) is 59.8 Å². The second-order valence-electron chi connectivity index (χ2n) is 6.06. The Bertz CT molecular complexity index is 990. The quantitative estimate of drug-likeness (QED) is 0.666. The smallest absolute Gasteiger partial charge is 0.237 e. The number of anilines is 1. The van der Waals surface area contributed by atoms with Crippen molar-refractivity contribution < 1.29 is 13.6 Å². The lowest BCUT2D eigenvalue weighted by molar-refractivity contribution is -0.115. The van der Waals surface area contributed by atoms with Crippen molar-refractivity contribution in [2.45, 2.75) is 24.3 Å². The van der Waals surface area contributed by atoms with Gasteiger partial charge in [0.1, 0.15) is 11.6 Å². The highest BCUT2D eigenvalue weighted by atomic mass is 32.2. The minimum atomic E-state index is -0.509. The molecule has 1 atom stereocenters. The van der Waals surface area contributed by atoms with E-state index < -0.39 is 11.1 Å². The van der Waals surface area contributed by atoms with Gasteiger partial charge in [0.15, 0.2) is 11.0 Å². The van der Waals surface area contributed by atoms with Crippen molar-refractivity contribution in [1.82, 2.24) is 14.8 Å². The van der Waals surface area contributed by atoms with Crippen LogP contribution >= 0.6 is 11.8 Å². The lowest BCUT2D eigenvalue weighted by atomic mass is 10.2. The standard InChI is InChI=1S/C19H18F2N4OS/c1-11-8-9-13(10-16(11)21)22-18(26)12(2)27-19-24-23-17(25(19)3)14-6-4-5-7-15(14)20/h4-10,12H,1-3H3,(H,22,26)/t12-/m0/s1. The molecule has 1 heterocycles. The molecule has 3 aromatic rings. The molecule has 140 valence electrons. The third-order valence-corrected chi connectivity index (χ3v) is 5.17. The number of hydrogen-bond acceptors (Lipinski definition) is 4. The van der Waals surface area contributed by atoms with E-state index in [1.54, 1.807) is 55.8 Å². The molecule has 0 saturated carbocycles. The van der Waals surface area contributed by atoms with Gasteiger partial charge < -0.3 is 9.88 Å². The first-order valence-corrected chi connectivity index (χ1v) is 9.12. The summed E-state index contributed by atoms with van der Waals surface area (Å²) in [4.78, 5) is 12.4. The zero-order valence-electron chi connectivity index (χ0n) is 15.0. The van der Waals surface area contributed by atoms with Crippen LogP contribution in [0, 0.1) is 18.6 Å². The van der Waals surface area contributed by atoms with E-state index in [1.165, 1.54) is 23.9 Å². The summed E-state index contributed by atoms with van der Waals surface area (Å²) in [6, 6.07) is 10.8. The van der Waals surface area contributed by atoms with Crippen LogP contribution in [-0.4, -0.2) is 25.9 Å². The summed E-state index contributed by atoms with van der Waals surface area (Å²) in [7, 11) is 1.71. The van der Waals surface area contributed by atoms with Crippen molar-refractivity contribution in [3.63, 3.8) is 0 Å². The Morgan fingerprint density at radius 1 is 1.15 bits per heavy atom. The van der Waals surface area contributed by atoms with Crippen LogP contribution < -0.4 is 5.32 Å². The number of aryl methyl sites for hydroxylation is 1. The third kappa shape index (κ3) is 4.16. The fourth-order valence-corrected chi connectivity index (χ4v) is 3.24. The molecule has 27 heavy (non-hydrogen) atoms. The minimum Gasteiger partial charge on any atom is -0.325 e. The fourth-order valence-electron chi connectivity index (χ4n) is 2.42. The third-order valence-electron chi connectivity index (χ3n) is 4.04. The van der Waals surface area contributed by atoms with Crippen LogP contribution in [0.1, 0.15) is 12.5 Å². The molecule has 1 amide bonds. The lowest BCUT2D eigenvalue weighted by Crippen LogP contribution is -2.23. The SMILES string of the molecule is Cc1ccc(NC(=O)[C@H](C)Sc2nnc(-c3ccccc3F)n2C)cc1F. The number of halogens is 2. The number of nitrogens with one attached hydrogen (secondary N) is 1. The van der Waals surface area contributed by atoms with Crippen LogP contribution in [0.25, 0.3) is 11.4 Å². The molecular formula is C19H18F2N4OS. The van der Waals surface area contributed by atoms with E-state index in [-0.39, 0.29) is 11.7 Å². The van der Waals surface area contributed by atoms with Crippen molar-refractivity contribution in [3.8, 4) is 11.4 Å². The summed E-state index contributed by atoms with van der Waals surface area (Å²) in [6.45, 7) is 3.36. The first-order valence-electron chi connectivity index (χ1n) is 8.24. The van der Waals surface area contributed by atoms with Gasteiger partial charge in [-0.2, -0.15) is 0 Å². The molecule has 0 radical (unpaired) electrons. The first kappa shape index (κ1) is 19.0. The van der Waals surface area contributed by atoms with Gasteiger partial charge in [-0.05, 0) is 43.7 Å². The van der Waals surface area contributed by atoms with Crippen molar-refractivity contribution >= 4 is 23.4 Å². The molecule has 8 heteroatoms. The van der Waals surface area contributed by atoms with Crippen molar-refractivity contribution in [2.75, 3.05) is 5.32 Å². The van der Waals surface area contributed by atoms with Crippen LogP contribution in [-0.2, 0) is 11.8 Å². The first-order chi connectivity index (χ1) is 12.9. The normalized spacial score (nSPS) is 12.0. The molecule has 0 fully saturated rings. The fraction of sp³-hybridized carbons (Fsp3) is 0.211. The number of carbonyl (C=O) groups is 1. The Kier molecular flexibility index (Phi) is 5.55. The van der Waals surface area contributed by atoms with Gasteiger partial charge in [-0.15, -0.1) is 10.2 Å². The van der Waals surface area contributed by atoms with Crippen molar-refractivity contribution in [2.24, 2.45) is 7.05 Å². The lowest BCUT2D eigenvalue weighted by Gasteiger charge is -2.12. The molecule has 0 aliphatic heterocycles. The molecule has 1 N–H and O–H groups in total. The van der Waals surface area contributed by atoms with E-state index >= 15 is 0 Å². The van der Waals surface area contributed by atoms with Gasteiger partial charge in [-0.1, -0.05) is 30.0 Å². The molecule has 1 aromatic heterocycles. The maximum atomic E-state index is 14.0. The minimum absolute atomic E-state index is 0.293. The van der Waals surface area contributed by atoms with Gasteiger partial charge in [0.2, 0.25) is 5.91 Å². The average Bonchev–Trinajstić information content (AvgIpc) is 2.99. The van der Waals surface area contributed by atoms with Crippen molar-refractivity contribution in [1.29, 1.82) is 0 Å². The highest BCUT2D eigenvalue weighted by Crippen LogP contribution is 2.27. The zero-order chi connectivity index (χ0) is 19.6.